The van der Waals surface area contributed by atoms with Crippen LogP contribution >= 0.6 is 0 Å². The molecule has 1 rings (SSSR count). The molecule has 18 heavy (non-hydrogen) atoms. The van der Waals surface area contributed by atoms with Gasteiger partial charge < -0.3 is 15.4 Å². The summed E-state index contributed by atoms with van der Waals surface area (Å²) < 4.78 is 5.24. The van der Waals surface area contributed by atoms with Crippen molar-refractivity contribution < 1.29 is 9.53 Å². The zero-order valence-electron chi connectivity index (χ0n) is 12.2. The van der Waals surface area contributed by atoms with Gasteiger partial charge in [-0.3, -0.25) is 0 Å². The van der Waals surface area contributed by atoms with E-state index in [0.717, 1.165) is 19.5 Å². The molecule has 1 saturated carbocycles. The number of hydrogen-bond acceptors (Lipinski definition) is 3. The third kappa shape index (κ3) is 5.71. The minimum absolute atomic E-state index is 0.302. The molecule has 0 spiro atoms. The molecule has 1 amide bonds. The van der Waals surface area contributed by atoms with Gasteiger partial charge in [-0.25, -0.2) is 4.79 Å². The summed E-state index contributed by atoms with van der Waals surface area (Å²) in [5, 5.41) is 6.45. The fraction of sp³-hybridized carbons (Fsp3) is 0.929. The van der Waals surface area contributed by atoms with Crippen LogP contribution < -0.4 is 10.6 Å². The summed E-state index contributed by atoms with van der Waals surface area (Å²) in [5.74, 6) is 0.545. The molecule has 0 heterocycles. The van der Waals surface area contributed by atoms with Crippen molar-refractivity contribution in [3.8, 4) is 0 Å². The summed E-state index contributed by atoms with van der Waals surface area (Å²) in [4.78, 5) is 11.6. The number of nitrogens with one attached hydrogen (secondary N) is 2. The van der Waals surface area contributed by atoms with Crippen molar-refractivity contribution in [2.75, 3.05) is 13.1 Å². The van der Waals surface area contributed by atoms with Crippen molar-refractivity contribution in [1.82, 2.24) is 10.6 Å². The predicted molar refractivity (Wildman–Crippen MR) is 73.7 cm³/mol. The highest BCUT2D eigenvalue weighted by molar-refractivity contribution is 5.67. The number of ether oxygens (including phenoxy) is 1. The van der Waals surface area contributed by atoms with Gasteiger partial charge >= 0.3 is 6.09 Å². The molecular formula is C14H28N2O2. The first-order chi connectivity index (χ1) is 8.42. The van der Waals surface area contributed by atoms with Crippen LogP contribution in [0.3, 0.4) is 0 Å². The van der Waals surface area contributed by atoms with Crippen LogP contribution in [0.4, 0.5) is 4.79 Å². The van der Waals surface area contributed by atoms with E-state index in [9.17, 15) is 4.79 Å². The number of rotatable bonds is 5. The van der Waals surface area contributed by atoms with Crippen LogP contribution in [0.25, 0.3) is 0 Å². The molecule has 1 aliphatic rings. The van der Waals surface area contributed by atoms with Gasteiger partial charge in [-0.2, -0.15) is 0 Å². The number of alkyl carbamates (subject to hydrolysis) is 1. The van der Waals surface area contributed by atoms with Gasteiger partial charge in [0.25, 0.3) is 0 Å². The van der Waals surface area contributed by atoms with E-state index >= 15 is 0 Å². The molecule has 0 bridgehead atoms. The molecule has 0 aliphatic heterocycles. The Balaban J connectivity index is 2.27. The van der Waals surface area contributed by atoms with Crippen LogP contribution in [0.1, 0.15) is 53.4 Å². The van der Waals surface area contributed by atoms with E-state index in [1.165, 1.54) is 19.3 Å². The summed E-state index contributed by atoms with van der Waals surface area (Å²) >= 11 is 0. The SMILES string of the molecule is CCCNC1CCCC1CNC(=O)OC(C)(C)C. The Kier molecular flexibility index (Phi) is 5.93. The van der Waals surface area contributed by atoms with Gasteiger partial charge in [0.1, 0.15) is 5.60 Å². The lowest BCUT2D eigenvalue weighted by Gasteiger charge is -2.23. The lowest BCUT2D eigenvalue weighted by molar-refractivity contribution is 0.0517. The second-order valence-corrected chi connectivity index (χ2v) is 6.13. The summed E-state index contributed by atoms with van der Waals surface area (Å²) in [5.41, 5.74) is -0.417. The molecule has 2 N–H and O–H groups in total. The summed E-state index contributed by atoms with van der Waals surface area (Å²) in [7, 11) is 0. The zero-order chi connectivity index (χ0) is 13.6. The Morgan fingerprint density at radius 3 is 2.67 bits per heavy atom. The normalized spacial score (nSPS) is 24.0. The Bertz CT molecular complexity index is 261. The lowest BCUT2D eigenvalue weighted by Crippen LogP contribution is -2.41. The maximum absolute atomic E-state index is 11.6. The Morgan fingerprint density at radius 1 is 1.33 bits per heavy atom. The average molecular weight is 256 g/mol. The minimum atomic E-state index is -0.417. The van der Waals surface area contributed by atoms with Gasteiger partial charge in [-0.1, -0.05) is 13.3 Å². The summed E-state index contributed by atoms with van der Waals surface area (Å²) in [6, 6.07) is 0.555. The molecule has 0 aromatic carbocycles. The third-order valence-corrected chi connectivity index (χ3v) is 3.22. The average Bonchev–Trinajstić information content (AvgIpc) is 2.68. The predicted octanol–water partition coefficient (Wildman–Crippen LogP) is 2.68. The van der Waals surface area contributed by atoms with Gasteiger partial charge in [-0.15, -0.1) is 0 Å². The standard InChI is InChI=1S/C14H28N2O2/c1-5-9-15-12-8-6-7-11(12)10-16-13(17)18-14(2,3)4/h11-12,15H,5-10H2,1-4H3,(H,16,17). The van der Waals surface area contributed by atoms with E-state index in [-0.39, 0.29) is 6.09 Å². The van der Waals surface area contributed by atoms with Crippen LogP contribution in [0.2, 0.25) is 0 Å². The van der Waals surface area contributed by atoms with Crippen LogP contribution in [-0.2, 0) is 4.74 Å². The quantitative estimate of drug-likeness (QED) is 0.795. The van der Waals surface area contributed by atoms with E-state index in [4.69, 9.17) is 4.74 Å². The lowest BCUT2D eigenvalue weighted by atomic mass is 10.0. The highest BCUT2D eigenvalue weighted by Gasteiger charge is 2.27. The van der Waals surface area contributed by atoms with E-state index in [1.54, 1.807) is 0 Å². The molecule has 0 radical (unpaired) electrons. The molecule has 0 saturated heterocycles. The van der Waals surface area contributed by atoms with Crippen molar-refractivity contribution >= 4 is 6.09 Å². The fourth-order valence-electron chi connectivity index (χ4n) is 2.41. The maximum atomic E-state index is 11.6. The molecule has 106 valence electrons. The highest BCUT2D eigenvalue weighted by Crippen LogP contribution is 2.25. The smallest absolute Gasteiger partial charge is 0.407 e. The Hall–Kier alpha value is -0.770. The van der Waals surface area contributed by atoms with Crippen LogP contribution in [0, 0.1) is 5.92 Å². The molecular weight excluding hydrogens is 228 g/mol. The molecule has 2 unspecified atom stereocenters. The number of carbonyl (C=O) groups excluding carboxylic acids is 1. The monoisotopic (exact) mass is 256 g/mol. The molecule has 0 aromatic rings. The molecule has 4 heteroatoms. The van der Waals surface area contributed by atoms with Gasteiger partial charge in [0.2, 0.25) is 0 Å². The molecule has 1 fully saturated rings. The van der Waals surface area contributed by atoms with Crippen molar-refractivity contribution in [2.24, 2.45) is 5.92 Å². The van der Waals surface area contributed by atoms with Gasteiger partial charge in [-0.05, 0) is 52.5 Å². The third-order valence-electron chi connectivity index (χ3n) is 3.22. The van der Waals surface area contributed by atoms with Crippen molar-refractivity contribution in [1.29, 1.82) is 0 Å². The zero-order valence-corrected chi connectivity index (χ0v) is 12.2. The first-order valence-electron chi connectivity index (χ1n) is 7.12. The van der Waals surface area contributed by atoms with Gasteiger partial charge in [0.15, 0.2) is 0 Å². The van der Waals surface area contributed by atoms with Crippen molar-refractivity contribution in [2.45, 2.75) is 65.0 Å². The van der Waals surface area contributed by atoms with Gasteiger partial charge in [0.05, 0.1) is 0 Å². The van der Waals surface area contributed by atoms with Crippen molar-refractivity contribution in [3.63, 3.8) is 0 Å². The maximum Gasteiger partial charge on any atom is 0.407 e. The summed E-state index contributed by atoms with van der Waals surface area (Å²) in [6.45, 7) is 9.61. The highest BCUT2D eigenvalue weighted by atomic mass is 16.6. The topological polar surface area (TPSA) is 50.4 Å². The van der Waals surface area contributed by atoms with E-state index in [0.29, 0.717) is 12.0 Å². The van der Waals surface area contributed by atoms with Crippen LogP contribution in [0.5, 0.6) is 0 Å². The number of hydrogen-bond donors (Lipinski definition) is 2. The van der Waals surface area contributed by atoms with Crippen molar-refractivity contribution in [3.05, 3.63) is 0 Å². The second kappa shape index (κ2) is 6.98. The fourth-order valence-corrected chi connectivity index (χ4v) is 2.41. The first-order valence-corrected chi connectivity index (χ1v) is 7.12. The first kappa shape index (κ1) is 15.3. The molecule has 4 nitrogen and oxygen atoms in total. The largest absolute Gasteiger partial charge is 0.444 e. The Morgan fingerprint density at radius 2 is 2.06 bits per heavy atom. The Labute approximate surface area is 111 Å². The second-order valence-electron chi connectivity index (χ2n) is 6.13. The van der Waals surface area contributed by atoms with Crippen LogP contribution in [-0.4, -0.2) is 30.8 Å². The number of amides is 1. The van der Waals surface area contributed by atoms with Crippen LogP contribution in [0.15, 0.2) is 0 Å². The minimum Gasteiger partial charge on any atom is -0.444 e. The molecule has 0 aromatic heterocycles. The molecule has 1 aliphatic carbocycles. The number of carbonyl (C=O) groups is 1. The van der Waals surface area contributed by atoms with E-state index < -0.39 is 5.60 Å². The summed E-state index contributed by atoms with van der Waals surface area (Å²) in [6.07, 6.45) is 4.52. The van der Waals surface area contributed by atoms with E-state index in [2.05, 4.69) is 17.6 Å². The van der Waals surface area contributed by atoms with Gasteiger partial charge in [0, 0.05) is 12.6 Å². The van der Waals surface area contributed by atoms with E-state index in [1.807, 2.05) is 20.8 Å². The molecule has 2 atom stereocenters.